The highest BCUT2D eigenvalue weighted by atomic mass is 32.2. The van der Waals surface area contributed by atoms with E-state index >= 15 is 0 Å². The van der Waals surface area contributed by atoms with Crippen molar-refractivity contribution < 1.29 is 4.39 Å². The summed E-state index contributed by atoms with van der Waals surface area (Å²) in [4.78, 5) is 0. The summed E-state index contributed by atoms with van der Waals surface area (Å²) in [6, 6.07) is 5.78. The lowest BCUT2D eigenvalue weighted by molar-refractivity contribution is 0.571. The van der Waals surface area contributed by atoms with Crippen molar-refractivity contribution in [1.29, 1.82) is 0 Å². The third-order valence-corrected chi connectivity index (χ3v) is 4.43. The predicted octanol–water partition coefficient (Wildman–Crippen LogP) is 4.56. The number of hydrogen-bond acceptors (Lipinski definition) is 2. The second-order valence-electron chi connectivity index (χ2n) is 5.45. The molecule has 0 saturated heterocycles. The van der Waals surface area contributed by atoms with Crippen LogP contribution in [0.15, 0.2) is 18.2 Å². The molecule has 0 saturated carbocycles. The van der Waals surface area contributed by atoms with E-state index in [0.29, 0.717) is 12.0 Å². The van der Waals surface area contributed by atoms with E-state index in [9.17, 15) is 4.39 Å². The Labute approximate surface area is 121 Å². The largest absolute Gasteiger partial charge is 0.309 e. The van der Waals surface area contributed by atoms with E-state index in [1.807, 2.05) is 30.8 Å². The molecule has 0 fully saturated rings. The first-order valence-electron chi connectivity index (χ1n) is 7.11. The molecular formula is C16H26FNS. The quantitative estimate of drug-likeness (QED) is 0.750. The maximum Gasteiger partial charge on any atom is 0.126 e. The molecule has 0 bridgehead atoms. The van der Waals surface area contributed by atoms with Gasteiger partial charge in [0.2, 0.25) is 0 Å². The molecule has 1 aromatic carbocycles. The lowest BCUT2D eigenvalue weighted by Crippen LogP contribution is -2.24. The lowest BCUT2D eigenvalue weighted by atomic mass is 10.1. The van der Waals surface area contributed by atoms with E-state index in [2.05, 4.69) is 26.1 Å². The summed E-state index contributed by atoms with van der Waals surface area (Å²) in [6.07, 6.45) is 1.12. The Morgan fingerprint density at radius 2 is 2.00 bits per heavy atom. The van der Waals surface area contributed by atoms with E-state index in [1.165, 1.54) is 11.3 Å². The molecule has 108 valence electrons. The zero-order valence-electron chi connectivity index (χ0n) is 12.5. The second-order valence-corrected chi connectivity index (χ2v) is 6.52. The number of benzene rings is 1. The monoisotopic (exact) mass is 283 g/mol. The molecule has 1 unspecified atom stereocenters. The van der Waals surface area contributed by atoms with Crippen LogP contribution in [0.4, 0.5) is 4.39 Å². The van der Waals surface area contributed by atoms with Crippen LogP contribution in [0, 0.1) is 18.7 Å². The summed E-state index contributed by atoms with van der Waals surface area (Å²) in [5.41, 5.74) is 1.93. The number of thioether (sulfide) groups is 1. The summed E-state index contributed by atoms with van der Waals surface area (Å²) in [6.45, 7) is 9.48. The van der Waals surface area contributed by atoms with Crippen molar-refractivity contribution in [1.82, 2.24) is 5.32 Å². The van der Waals surface area contributed by atoms with Crippen LogP contribution in [0.25, 0.3) is 0 Å². The van der Waals surface area contributed by atoms with Gasteiger partial charge in [0, 0.05) is 11.8 Å². The van der Waals surface area contributed by atoms with Gasteiger partial charge in [0.15, 0.2) is 0 Å². The molecule has 0 aromatic heterocycles. The normalized spacial score (nSPS) is 12.9. The Hall–Kier alpha value is -0.540. The van der Waals surface area contributed by atoms with E-state index in [4.69, 9.17) is 0 Å². The minimum absolute atomic E-state index is 0.118. The van der Waals surface area contributed by atoms with Crippen molar-refractivity contribution in [2.24, 2.45) is 5.92 Å². The molecule has 0 spiro atoms. The van der Waals surface area contributed by atoms with Gasteiger partial charge in [-0.15, -0.1) is 0 Å². The molecule has 1 atom stereocenters. The van der Waals surface area contributed by atoms with Crippen LogP contribution in [0.3, 0.4) is 0 Å². The van der Waals surface area contributed by atoms with Gasteiger partial charge in [-0.05, 0) is 48.8 Å². The third kappa shape index (κ3) is 5.96. The molecule has 1 rings (SSSR count). The van der Waals surface area contributed by atoms with E-state index in [1.54, 1.807) is 6.07 Å². The summed E-state index contributed by atoms with van der Waals surface area (Å²) in [7, 11) is 0. The topological polar surface area (TPSA) is 12.0 Å². The highest BCUT2D eigenvalue weighted by molar-refractivity contribution is 7.99. The van der Waals surface area contributed by atoms with Crippen LogP contribution in [0.5, 0.6) is 0 Å². The first-order valence-corrected chi connectivity index (χ1v) is 8.27. The molecule has 0 aliphatic rings. The molecule has 19 heavy (non-hydrogen) atoms. The molecule has 0 radical (unpaired) electrons. The Morgan fingerprint density at radius 3 is 2.58 bits per heavy atom. The van der Waals surface area contributed by atoms with E-state index in [0.717, 1.165) is 24.3 Å². The van der Waals surface area contributed by atoms with Crippen molar-refractivity contribution in [3.05, 3.63) is 35.1 Å². The Morgan fingerprint density at radius 1 is 1.26 bits per heavy atom. The van der Waals surface area contributed by atoms with Crippen molar-refractivity contribution >= 4 is 11.8 Å². The number of aryl methyl sites for hydroxylation is 1. The minimum Gasteiger partial charge on any atom is -0.309 e. The number of hydrogen-bond donors (Lipinski definition) is 1. The zero-order valence-corrected chi connectivity index (χ0v) is 13.3. The average molecular weight is 283 g/mol. The fourth-order valence-corrected chi connectivity index (χ4v) is 3.05. The summed E-state index contributed by atoms with van der Waals surface area (Å²) in [5, 5.41) is 3.56. The smallest absolute Gasteiger partial charge is 0.126 e. The molecule has 0 aliphatic carbocycles. The zero-order chi connectivity index (χ0) is 14.3. The number of rotatable bonds is 8. The van der Waals surface area contributed by atoms with Gasteiger partial charge in [0.1, 0.15) is 5.82 Å². The van der Waals surface area contributed by atoms with Crippen molar-refractivity contribution in [2.75, 3.05) is 18.1 Å². The van der Waals surface area contributed by atoms with Gasteiger partial charge < -0.3 is 5.32 Å². The van der Waals surface area contributed by atoms with Gasteiger partial charge in [-0.25, -0.2) is 4.39 Å². The average Bonchev–Trinajstić information content (AvgIpc) is 2.36. The summed E-state index contributed by atoms with van der Waals surface area (Å²) < 4.78 is 13.3. The van der Waals surface area contributed by atoms with Crippen molar-refractivity contribution in [3.63, 3.8) is 0 Å². The van der Waals surface area contributed by atoms with Gasteiger partial charge >= 0.3 is 0 Å². The Kier molecular flexibility index (Phi) is 7.47. The molecule has 0 amide bonds. The third-order valence-electron chi connectivity index (χ3n) is 2.96. The van der Waals surface area contributed by atoms with Crippen molar-refractivity contribution in [3.8, 4) is 0 Å². The Bertz CT molecular complexity index is 379. The minimum atomic E-state index is -0.118. The molecule has 1 N–H and O–H groups in total. The maximum atomic E-state index is 13.3. The molecule has 1 nitrogen and oxygen atoms in total. The highest BCUT2D eigenvalue weighted by Crippen LogP contribution is 2.22. The van der Waals surface area contributed by atoms with Gasteiger partial charge in [-0.1, -0.05) is 32.9 Å². The molecule has 3 heteroatoms. The van der Waals surface area contributed by atoms with Crippen LogP contribution >= 0.6 is 11.8 Å². The second kappa shape index (κ2) is 8.60. The van der Waals surface area contributed by atoms with Gasteiger partial charge in [-0.3, -0.25) is 0 Å². The predicted molar refractivity (Wildman–Crippen MR) is 84.3 cm³/mol. The molecular weight excluding hydrogens is 257 g/mol. The standard InChI is InChI=1S/C16H26FNS/c1-5-8-18-16(11-19-10-12(2)3)14-6-7-15(17)13(4)9-14/h6-7,9,12,16,18H,5,8,10-11H2,1-4H3. The van der Waals surface area contributed by atoms with Crippen LogP contribution < -0.4 is 5.32 Å². The first-order chi connectivity index (χ1) is 9.04. The van der Waals surface area contributed by atoms with Crippen molar-refractivity contribution in [2.45, 2.75) is 40.2 Å². The van der Waals surface area contributed by atoms with Crippen LogP contribution in [-0.4, -0.2) is 18.1 Å². The number of halogens is 1. The number of nitrogens with one attached hydrogen (secondary N) is 1. The highest BCUT2D eigenvalue weighted by Gasteiger charge is 2.12. The van der Waals surface area contributed by atoms with Gasteiger partial charge in [0.05, 0.1) is 0 Å². The molecule has 0 heterocycles. The molecule has 1 aromatic rings. The summed E-state index contributed by atoms with van der Waals surface area (Å²) >= 11 is 1.97. The molecule has 0 aliphatic heterocycles. The lowest BCUT2D eigenvalue weighted by Gasteiger charge is -2.20. The Balaban J connectivity index is 2.68. The van der Waals surface area contributed by atoms with Crippen LogP contribution in [-0.2, 0) is 0 Å². The van der Waals surface area contributed by atoms with E-state index in [-0.39, 0.29) is 5.82 Å². The maximum absolute atomic E-state index is 13.3. The fraction of sp³-hybridized carbons (Fsp3) is 0.625. The van der Waals surface area contributed by atoms with Crippen LogP contribution in [0.1, 0.15) is 44.4 Å². The van der Waals surface area contributed by atoms with E-state index < -0.39 is 0 Å². The summed E-state index contributed by atoms with van der Waals surface area (Å²) in [5.74, 6) is 2.81. The van der Waals surface area contributed by atoms with Crippen LogP contribution in [0.2, 0.25) is 0 Å². The first kappa shape index (κ1) is 16.5. The SMILES string of the molecule is CCCNC(CSCC(C)C)c1ccc(F)c(C)c1. The fourth-order valence-electron chi connectivity index (χ4n) is 1.90. The van der Waals surface area contributed by atoms with Gasteiger partial charge in [0.25, 0.3) is 0 Å². The van der Waals surface area contributed by atoms with Gasteiger partial charge in [-0.2, -0.15) is 11.8 Å².